The molecule has 1 heterocycles. The first-order chi connectivity index (χ1) is 8.33. The van der Waals surface area contributed by atoms with Gasteiger partial charge in [-0.3, -0.25) is 0 Å². The molecular formula is C14H17N3. The average molecular weight is 227 g/mol. The molecule has 88 valence electrons. The van der Waals surface area contributed by atoms with Crippen LogP contribution in [0.15, 0.2) is 49.3 Å². The van der Waals surface area contributed by atoms with Crippen molar-refractivity contribution in [1.82, 2.24) is 9.55 Å². The molecule has 0 radical (unpaired) electrons. The predicted molar refractivity (Wildman–Crippen MR) is 71.5 cm³/mol. The molecule has 0 atom stereocenters. The van der Waals surface area contributed by atoms with Gasteiger partial charge >= 0.3 is 0 Å². The van der Waals surface area contributed by atoms with Gasteiger partial charge in [0.15, 0.2) is 0 Å². The van der Waals surface area contributed by atoms with Gasteiger partial charge in [0.1, 0.15) is 0 Å². The normalized spacial score (nSPS) is 10.2. The zero-order valence-electron chi connectivity index (χ0n) is 10.1. The lowest BCUT2D eigenvalue weighted by atomic mass is 10.1. The Kier molecular flexibility index (Phi) is 3.60. The van der Waals surface area contributed by atoms with Crippen molar-refractivity contribution in [2.75, 3.05) is 5.32 Å². The number of hydrogen-bond donors (Lipinski definition) is 1. The molecule has 2 rings (SSSR count). The van der Waals surface area contributed by atoms with E-state index in [0.717, 1.165) is 24.6 Å². The molecule has 0 spiro atoms. The van der Waals surface area contributed by atoms with Gasteiger partial charge < -0.3 is 9.88 Å². The molecule has 0 fully saturated rings. The number of benzene rings is 1. The summed E-state index contributed by atoms with van der Waals surface area (Å²) in [4.78, 5) is 4.28. The van der Waals surface area contributed by atoms with Crippen LogP contribution in [-0.2, 0) is 13.0 Å². The van der Waals surface area contributed by atoms with Crippen LogP contribution in [-0.4, -0.2) is 9.55 Å². The average Bonchev–Trinajstić information content (AvgIpc) is 2.78. The lowest BCUT2D eigenvalue weighted by molar-refractivity contribution is 0.833. The minimum Gasteiger partial charge on any atom is -0.326 e. The van der Waals surface area contributed by atoms with Crippen LogP contribution in [0.1, 0.15) is 12.5 Å². The molecule has 1 aromatic heterocycles. The van der Waals surface area contributed by atoms with E-state index in [2.05, 4.69) is 48.1 Å². The van der Waals surface area contributed by atoms with Gasteiger partial charge in [-0.15, -0.1) is 6.58 Å². The van der Waals surface area contributed by atoms with Crippen LogP contribution in [0.5, 0.6) is 0 Å². The summed E-state index contributed by atoms with van der Waals surface area (Å²) in [6.07, 6.45) is 6.63. The van der Waals surface area contributed by atoms with Crippen molar-refractivity contribution in [2.24, 2.45) is 0 Å². The molecule has 0 unspecified atom stereocenters. The highest BCUT2D eigenvalue weighted by atomic mass is 15.2. The smallest absolute Gasteiger partial charge is 0.207 e. The van der Waals surface area contributed by atoms with Crippen molar-refractivity contribution in [2.45, 2.75) is 19.9 Å². The van der Waals surface area contributed by atoms with E-state index in [-0.39, 0.29) is 0 Å². The van der Waals surface area contributed by atoms with Crippen LogP contribution in [0, 0.1) is 0 Å². The zero-order chi connectivity index (χ0) is 12.1. The fraction of sp³-hybridized carbons (Fsp3) is 0.214. The van der Waals surface area contributed by atoms with E-state index in [1.165, 1.54) is 5.56 Å². The van der Waals surface area contributed by atoms with Crippen LogP contribution in [0.25, 0.3) is 0 Å². The molecule has 0 bridgehead atoms. The first-order valence-electron chi connectivity index (χ1n) is 5.81. The third kappa shape index (κ3) is 2.75. The topological polar surface area (TPSA) is 29.9 Å². The summed E-state index contributed by atoms with van der Waals surface area (Å²) in [6, 6.07) is 8.41. The summed E-state index contributed by atoms with van der Waals surface area (Å²) in [5, 5.41) is 3.29. The van der Waals surface area contributed by atoms with Crippen LogP contribution in [0.4, 0.5) is 11.6 Å². The maximum absolute atomic E-state index is 4.28. The minimum atomic E-state index is 0.759. The molecule has 1 N–H and O–H groups in total. The Morgan fingerprint density at radius 1 is 1.35 bits per heavy atom. The third-order valence-corrected chi connectivity index (χ3v) is 2.66. The largest absolute Gasteiger partial charge is 0.326 e. The molecule has 0 amide bonds. The zero-order valence-corrected chi connectivity index (χ0v) is 10.1. The van der Waals surface area contributed by atoms with E-state index in [4.69, 9.17) is 0 Å². The summed E-state index contributed by atoms with van der Waals surface area (Å²) >= 11 is 0. The van der Waals surface area contributed by atoms with Crippen molar-refractivity contribution in [3.8, 4) is 0 Å². The Morgan fingerprint density at radius 2 is 2.12 bits per heavy atom. The summed E-state index contributed by atoms with van der Waals surface area (Å²) in [6.45, 7) is 6.64. The van der Waals surface area contributed by atoms with Gasteiger partial charge in [0.25, 0.3) is 0 Å². The summed E-state index contributed by atoms with van der Waals surface area (Å²) < 4.78 is 2.01. The van der Waals surface area contributed by atoms with Crippen molar-refractivity contribution >= 4 is 11.6 Å². The Hall–Kier alpha value is -2.03. The molecule has 3 nitrogen and oxygen atoms in total. The third-order valence-electron chi connectivity index (χ3n) is 2.66. The van der Waals surface area contributed by atoms with Gasteiger partial charge in [0, 0.05) is 24.6 Å². The van der Waals surface area contributed by atoms with E-state index in [9.17, 15) is 0 Å². The first kappa shape index (κ1) is 11.5. The number of aryl methyl sites for hydroxylation is 1. The van der Waals surface area contributed by atoms with Gasteiger partial charge in [-0.2, -0.15) is 0 Å². The number of imidazole rings is 1. The molecule has 17 heavy (non-hydrogen) atoms. The standard InChI is InChI=1S/C14H17N3/c1-3-10-17-11-9-15-14(17)16-13-7-5-12(4-2)6-8-13/h3,5-9,11H,1,4,10H2,2H3,(H,15,16). The second kappa shape index (κ2) is 5.34. The number of rotatable bonds is 5. The summed E-state index contributed by atoms with van der Waals surface area (Å²) in [7, 11) is 0. The van der Waals surface area contributed by atoms with Gasteiger partial charge in [-0.1, -0.05) is 25.1 Å². The Balaban J connectivity index is 2.13. The number of allylic oxidation sites excluding steroid dienone is 1. The molecule has 0 aliphatic carbocycles. The van der Waals surface area contributed by atoms with Crippen molar-refractivity contribution in [3.63, 3.8) is 0 Å². The summed E-state index contributed by atoms with van der Waals surface area (Å²) in [5.41, 5.74) is 2.39. The van der Waals surface area contributed by atoms with Gasteiger partial charge in [-0.05, 0) is 24.1 Å². The maximum atomic E-state index is 4.28. The van der Waals surface area contributed by atoms with Gasteiger partial charge in [-0.25, -0.2) is 4.98 Å². The van der Waals surface area contributed by atoms with Crippen LogP contribution in [0.2, 0.25) is 0 Å². The molecule has 3 heteroatoms. The van der Waals surface area contributed by atoms with Crippen molar-refractivity contribution < 1.29 is 0 Å². The summed E-state index contributed by atoms with van der Waals surface area (Å²) in [5.74, 6) is 0.842. The SMILES string of the molecule is C=CCn1ccnc1Nc1ccc(CC)cc1. The van der Waals surface area contributed by atoms with E-state index < -0.39 is 0 Å². The predicted octanol–water partition coefficient (Wildman–Crippen LogP) is 3.38. The highest BCUT2D eigenvalue weighted by Crippen LogP contribution is 2.15. The van der Waals surface area contributed by atoms with E-state index in [1.807, 2.05) is 16.8 Å². The molecule has 0 saturated heterocycles. The fourth-order valence-electron chi connectivity index (χ4n) is 1.67. The van der Waals surface area contributed by atoms with E-state index >= 15 is 0 Å². The van der Waals surface area contributed by atoms with Crippen molar-refractivity contribution in [1.29, 1.82) is 0 Å². The number of nitrogens with zero attached hydrogens (tertiary/aromatic N) is 2. The number of nitrogens with one attached hydrogen (secondary N) is 1. The number of anilines is 2. The van der Waals surface area contributed by atoms with Gasteiger partial charge in [0.2, 0.25) is 5.95 Å². The monoisotopic (exact) mass is 227 g/mol. The molecule has 0 saturated carbocycles. The van der Waals surface area contributed by atoms with E-state index in [1.54, 1.807) is 6.20 Å². The second-order valence-electron chi connectivity index (χ2n) is 3.87. The van der Waals surface area contributed by atoms with Crippen molar-refractivity contribution in [3.05, 3.63) is 54.9 Å². The molecule has 1 aromatic carbocycles. The quantitative estimate of drug-likeness (QED) is 0.794. The highest BCUT2D eigenvalue weighted by molar-refractivity contribution is 5.54. The highest BCUT2D eigenvalue weighted by Gasteiger charge is 2.01. The fourth-order valence-corrected chi connectivity index (χ4v) is 1.67. The lowest BCUT2D eigenvalue weighted by Crippen LogP contribution is -2.01. The number of hydrogen-bond acceptors (Lipinski definition) is 2. The Morgan fingerprint density at radius 3 is 2.76 bits per heavy atom. The lowest BCUT2D eigenvalue weighted by Gasteiger charge is -2.08. The Labute approximate surface area is 102 Å². The van der Waals surface area contributed by atoms with Crippen LogP contribution >= 0.6 is 0 Å². The minimum absolute atomic E-state index is 0.759. The molecular weight excluding hydrogens is 210 g/mol. The molecule has 2 aromatic rings. The van der Waals surface area contributed by atoms with Crippen LogP contribution in [0.3, 0.4) is 0 Å². The van der Waals surface area contributed by atoms with Crippen LogP contribution < -0.4 is 5.32 Å². The number of aromatic nitrogens is 2. The first-order valence-corrected chi connectivity index (χ1v) is 5.81. The van der Waals surface area contributed by atoms with Gasteiger partial charge in [0.05, 0.1) is 0 Å². The maximum Gasteiger partial charge on any atom is 0.207 e. The molecule has 0 aliphatic heterocycles. The molecule has 0 aliphatic rings. The second-order valence-corrected chi connectivity index (χ2v) is 3.87. The van der Waals surface area contributed by atoms with E-state index in [0.29, 0.717) is 0 Å². The Bertz CT molecular complexity index is 482.